The van der Waals surface area contributed by atoms with Crippen LogP contribution in [-0.2, 0) is 9.47 Å². The average molecular weight is 229 g/mol. The summed E-state index contributed by atoms with van der Waals surface area (Å²) in [5.74, 6) is 0. The van der Waals surface area contributed by atoms with Gasteiger partial charge in [0.05, 0.1) is 19.3 Å². The van der Waals surface area contributed by atoms with Crippen molar-refractivity contribution >= 4 is 0 Å². The normalized spacial score (nSPS) is 19.9. The fourth-order valence-electron chi connectivity index (χ4n) is 2.16. The smallest absolute Gasteiger partial charge is 0.0781 e. The summed E-state index contributed by atoms with van der Waals surface area (Å²) >= 11 is 0. The van der Waals surface area contributed by atoms with Gasteiger partial charge in [0.15, 0.2) is 0 Å². The molecule has 1 aliphatic rings. The summed E-state index contributed by atoms with van der Waals surface area (Å²) in [4.78, 5) is 0. The van der Waals surface area contributed by atoms with E-state index in [1.165, 1.54) is 32.1 Å². The topological polar surface area (TPSA) is 30.5 Å². The molecule has 0 aromatic rings. The highest BCUT2D eigenvalue weighted by molar-refractivity contribution is 4.71. The number of rotatable bonds is 8. The maximum absolute atomic E-state index is 5.65. The molecule has 0 aromatic heterocycles. The van der Waals surface area contributed by atoms with Gasteiger partial charge >= 0.3 is 0 Å². The minimum absolute atomic E-state index is 0.216. The Balaban J connectivity index is 1.90. The van der Waals surface area contributed by atoms with E-state index in [1.807, 2.05) is 6.92 Å². The molecule has 16 heavy (non-hydrogen) atoms. The van der Waals surface area contributed by atoms with Gasteiger partial charge in [0, 0.05) is 19.2 Å². The van der Waals surface area contributed by atoms with Crippen LogP contribution in [0, 0.1) is 0 Å². The molecule has 1 unspecified atom stereocenters. The van der Waals surface area contributed by atoms with Crippen LogP contribution in [0.4, 0.5) is 0 Å². The van der Waals surface area contributed by atoms with Gasteiger partial charge in [-0.05, 0) is 26.7 Å². The van der Waals surface area contributed by atoms with E-state index in [0.29, 0.717) is 6.61 Å². The zero-order chi connectivity index (χ0) is 11.6. The van der Waals surface area contributed by atoms with E-state index >= 15 is 0 Å². The summed E-state index contributed by atoms with van der Waals surface area (Å²) in [7, 11) is 0. The first kappa shape index (κ1) is 13.9. The third-order valence-corrected chi connectivity index (χ3v) is 3.10. The first-order chi connectivity index (χ1) is 7.83. The van der Waals surface area contributed by atoms with Gasteiger partial charge < -0.3 is 14.8 Å². The van der Waals surface area contributed by atoms with Crippen molar-refractivity contribution < 1.29 is 9.47 Å². The summed E-state index contributed by atoms with van der Waals surface area (Å²) < 4.78 is 10.9. The summed E-state index contributed by atoms with van der Waals surface area (Å²) in [5, 5.41) is 3.57. The second kappa shape index (κ2) is 8.97. The lowest BCUT2D eigenvalue weighted by Gasteiger charge is -2.23. The predicted octanol–water partition coefficient (Wildman–Crippen LogP) is 2.35. The Hall–Kier alpha value is -0.120. The summed E-state index contributed by atoms with van der Waals surface area (Å²) in [6.45, 7) is 7.33. The molecule has 3 heteroatoms. The van der Waals surface area contributed by atoms with E-state index in [4.69, 9.17) is 9.47 Å². The van der Waals surface area contributed by atoms with Crippen LogP contribution in [0.15, 0.2) is 0 Å². The second-order valence-electron chi connectivity index (χ2n) is 4.63. The predicted molar refractivity (Wildman–Crippen MR) is 66.8 cm³/mol. The van der Waals surface area contributed by atoms with Crippen molar-refractivity contribution in [2.45, 2.75) is 58.1 Å². The summed E-state index contributed by atoms with van der Waals surface area (Å²) in [6, 6.07) is 0.736. The van der Waals surface area contributed by atoms with Gasteiger partial charge in [-0.3, -0.25) is 0 Å². The first-order valence-corrected chi connectivity index (χ1v) is 6.75. The molecule has 0 aromatic carbocycles. The molecule has 0 aliphatic heterocycles. The zero-order valence-corrected chi connectivity index (χ0v) is 10.8. The van der Waals surface area contributed by atoms with Crippen molar-refractivity contribution in [3.05, 3.63) is 0 Å². The van der Waals surface area contributed by atoms with Crippen LogP contribution in [-0.4, -0.2) is 38.5 Å². The first-order valence-electron chi connectivity index (χ1n) is 6.75. The van der Waals surface area contributed by atoms with Gasteiger partial charge in [0.25, 0.3) is 0 Å². The average Bonchev–Trinajstić information content (AvgIpc) is 2.33. The molecule has 0 radical (unpaired) electrons. The van der Waals surface area contributed by atoms with Crippen molar-refractivity contribution in [2.75, 3.05) is 26.4 Å². The van der Waals surface area contributed by atoms with Gasteiger partial charge in [-0.15, -0.1) is 0 Å². The zero-order valence-electron chi connectivity index (χ0n) is 10.8. The lowest BCUT2D eigenvalue weighted by Crippen LogP contribution is -2.34. The lowest BCUT2D eigenvalue weighted by molar-refractivity contribution is -0.00265. The third kappa shape index (κ3) is 6.46. The highest BCUT2D eigenvalue weighted by atomic mass is 16.5. The van der Waals surface area contributed by atoms with Crippen LogP contribution in [0.2, 0.25) is 0 Å². The van der Waals surface area contributed by atoms with Crippen molar-refractivity contribution in [3.63, 3.8) is 0 Å². The van der Waals surface area contributed by atoms with Gasteiger partial charge in [-0.1, -0.05) is 19.3 Å². The minimum atomic E-state index is 0.216. The number of nitrogens with one attached hydrogen (secondary N) is 1. The van der Waals surface area contributed by atoms with E-state index in [-0.39, 0.29) is 6.10 Å². The molecule has 3 nitrogen and oxygen atoms in total. The van der Waals surface area contributed by atoms with Crippen LogP contribution in [0.5, 0.6) is 0 Å². The number of ether oxygens (including phenoxy) is 2. The van der Waals surface area contributed by atoms with Crippen LogP contribution in [0.25, 0.3) is 0 Å². The van der Waals surface area contributed by atoms with E-state index < -0.39 is 0 Å². The summed E-state index contributed by atoms with van der Waals surface area (Å²) in [5.41, 5.74) is 0. The molecular formula is C13H27NO2. The Morgan fingerprint density at radius 3 is 2.69 bits per heavy atom. The van der Waals surface area contributed by atoms with E-state index in [0.717, 1.165) is 25.8 Å². The van der Waals surface area contributed by atoms with Crippen LogP contribution < -0.4 is 5.32 Å². The third-order valence-electron chi connectivity index (χ3n) is 3.10. The Labute approximate surface area is 99.9 Å². The van der Waals surface area contributed by atoms with Gasteiger partial charge in [0.2, 0.25) is 0 Å². The molecule has 1 fully saturated rings. The number of hydrogen-bond acceptors (Lipinski definition) is 3. The molecule has 0 amide bonds. The van der Waals surface area contributed by atoms with Crippen molar-refractivity contribution in [2.24, 2.45) is 0 Å². The summed E-state index contributed by atoms with van der Waals surface area (Å²) in [6.07, 6.45) is 7.09. The van der Waals surface area contributed by atoms with Crippen molar-refractivity contribution in [1.82, 2.24) is 5.32 Å². The quantitative estimate of drug-likeness (QED) is 0.648. The SMILES string of the molecule is CCOCC(C)OCCNC1CCCCC1. The molecule has 1 rings (SSSR count). The van der Waals surface area contributed by atoms with E-state index in [9.17, 15) is 0 Å². The Morgan fingerprint density at radius 2 is 2.00 bits per heavy atom. The Morgan fingerprint density at radius 1 is 1.25 bits per heavy atom. The van der Waals surface area contributed by atoms with Crippen LogP contribution in [0.1, 0.15) is 46.0 Å². The van der Waals surface area contributed by atoms with Crippen molar-refractivity contribution in [1.29, 1.82) is 0 Å². The van der Waals surface area contributed by atoms with Crippen LogP contribution in [0.3, 0.4) is 0 Å². The van der Waals surface area contributed by atoms with Gasteiger partial charge in [-0.2, -0.15) is 0 Å². The molecule has 1 atom stereocenters. The molecule has 0 bridgehead atoms. The molecular weight excluding hydrogens is 202 g/mol. The second-order valence-corrected chi connectivity index (χ2v) is 4.63. The molecule has 96 valence electrons. The Kier molecular flexibility index (Phi) is 7.81. The van der Waals surface area contributed by atoms with Gasteiger partial charge in [-0.25, -0.2) is 0 Å². The molecule has 0 saturated heterocycles. The van der Waals surface area contributed by atoms with Gasteiger partial charge in [0.1, 0.15) is 0 Å². The largest absolute Gasteiger partial charge is 0.379 e. The maximum atomic E-state index is 5.65. The highest BCUT2D eigenvalue weighted by Gasteiger charge is 2.12. The highest BCUT2D eigenvalue weighted by Crippen LogP contribution is 2.16. The molecule has 1 aliphatic carbocycles. The van der Waals surface area contributed by atoms with E-state index in [2.05, 4.69) is 12.2 Å². The maximum Gasteiger partial charge on any atom is 0.0781 e. The standard InChI is InChI=1S/C13H27NO2/c1-3-15-11-12(2)16-10-9-14-13-7-5-4-6-8-13/h12-14H,3-11H2,1-2H3. The molecule has 0 heterocycles. The molecule has 1 N–H and O–H groups in total. The minimum Gasteiger partial charge on any atom is -0.379 e. The van der Waals surface area contributed by atoms with Crippen LogP contribution >= 0.6 is 0 Å². The molecule has 0 spiro atoms. The lowest BCUT2D eigenvalue weighted by atomic mass is 9.96. The fraction of sp³-hybridized carbons (Fsp3) is 1.00. The molecule has 1 saturated carbocycles. The Bertz CT molecular complexity index is 158. The monoisotopic (exact) mass is 229 g/mol. The number of hydrogen-bond donors (Lipinski definition) is 1. The van der Waals surface area contributed by atoms with E-state index in [1.54, 1.807) is 0 Å². The van der Waals surface area contributed by atoms with Crippen molar-refractivity contribution in [3.8, 4) is 0 Å². The fourth-order valence-corrected chi connectivity index (χ4v) is 2.16.